The Kier molecular flexibility index (Phi) is 7.65. The molecule has 188 valence electrons. The van der Waals surface area contributed by atoms with Gasteiger partial charge in [0.1, 0.15) is 17.6 Å². The molecule has 2 aromatic rings. The lowest BCUT2D eigenvalue weighted by Gasteiger charge is -2.44. The van der Waals surface area contributed by atoms with Crippen LogP contribution in [0.3, 0.4) is 0 Å². The molecule has 2 aromatic carbocycles. The quantitative estimate of drug-likeness (QED) is 0.235. The molecule has 0 bridgehead atoms. The van der Waals surface area contributed by atoms with Crippen LogP contribution in [0, 0.1) is 11.3 Å². The highest BCUT2D eigenvalue weighted by Crippen LogP contribution is 2.48. The third kappa shape index (κ3) is 5.92. The molecule has 0 N–H and O–H groups in total. The Bertz CT molecular complexity index is 1260. The molecule has 0 saturated heterocycles. The Morgan fingerprint density at radius 1 is 1.23 bits per heavy atom. The van der Waals surface area contributed by atoms with Gasteiger partial charge < -0.3 is 8.92 Å². The molecule has 1 saturated carbocycles. The normalized spacial score (nSPS) is 20.6. The number of halogens is 2. The van der Waals surface area contributed by atoms with Crippen LogP contribution in [0.2, 0.25) is 5.02 Å². The molecule has 0 aromatic heterocycles. The lowest BCUT2D eigenvalue weighted by atomic mass is 9.61. The van der Waals surface area contributed by atoms with E-state index in [1.165, 1.54) is 12.1 Å². The minimum atomic E-state index is -4.11. The van der Waals surface area contributed by atoms with E-state index >= 15 is 0 Å². The van der Waals surface area contributed by atoms with Crippen molar-refractivity contribution < 1.29 is 26.9 Å². The fourth-order valence-corrected chi connectivity index (χ4v) is 6.53. The van der Waals surface area contributed by atoms with Crippen molar-refractivity contribution in [1.29, 1.82) is 0 Å². The molecule has 1 fully saturated rings. The first-order chi connectivity index (χ1) is 16.5. The van der Waals surface area contributed by atoms with Gasteiger partial charge in [0, 0.05) is 23.4 Å². The largest absolute Gasteiger partial charge is 0.484 e. The number of aldehydes is 1. The van der Waals surface area contributed by atoms with E-state index in [-0.39, 0.29) is 51.7 Å². The number of ether oxygens (including phenoxy) is 1. The smallest absolute Gasteiger partial charge is 0.309 e. The molecule has 0 unspecified atom stereocenters. The Morgan fingerprint density at radius 2 is 2.00 bits per heavy atom. The number of hydrogen-bond donors (Lipinski definition) is 0. The highest BCUT2D eigenvalue weighted by molar-refractivity contribution is 9.10. The summed E-state index contributed by atoms with van der Waals surface area (Å²) in [6.07, 6.45) is 4.09. The maximum absolute atomic E-state index is 12.6. The van der Waals surface area contributed by atoms with Crippen molar-refractivity contribution in [2.75, 3.05) is 5.75 Å². The van der Waals surface area contributed by atoms with Crippen LogP contribution in [0.1, 0.15) is 73.5 Å². The van der Waals surface area contributed by atoms with Crippen LogP contribution in [0.4, 0.5) is 0 Å². The first kappa shape index (κ1) is 26.2. The number of rotatable bonds is 10. The monoisotopic (exact) mass is 582 g/mol. The number of ketones is 1. The molecule has 0 spiro atoms. The standard InChI is InChI=1S/C26H28BrClO6S/c1-26(2)10-8-17(26)13-18(30)9-11-35(31,32)34-24-14-25(22(28)12-16(24)15-29)33-23-7-6-19-20(23)4-3-5-21(19)27/h3-5,12,14-15,17,23H,6-11,13H2,1-2H3/t17-,23+/m1/s1. The van der Waals surface area contributed by atoms with Gasteiger partial charge in [-0.3, -0.25) is 9.59 Å². The lowest BCUT2D eigenvalue weighted by molar-refractivity contribution is -0.122. The van der Waals surface area contributed by atoms with Crippen LogP contribution in [-0.2, 0) is 21.3 Å². The molecule has 35 heavy (non-hydrogen) atoms. The summed E-state index contributed by atoms with van der Waals surface area (Å²) in [7, 11) is -4.11. The van der Waals surface area contributed by atoms with Gasteiger partial charge in [-0.15, -0.1) is 0 Å². The molecule has 6 nitrogen and oxygen atoms in total. The first-order valence-corrected chi connectivity index (χ1v) is 14.4. The zero-order chi connectivity index (χ0) is 25.4. The van der Waals surface area contributed by atoms with Crippen LogP contribution >= 0.6 is 27.5 Å². The maximum atomic E-state index is 12.6. The molecule has 0 aliphatic heterocycles. The summed E-state index contributed by atoms with van der Waals surface area (Å²) >= 11 is 9.90. The fourth-order valence-electron chi connectivity index (χ4n) is 4.75. The van der Waals surface area contributed by atoms with Crippen LogP contribution in [0.25, 0.3) is 0 Å². The zero-order valence-electron chi connectivity index (χ0n) is 19.7. The maximum Gasteiger partial charge on any atom is 0.309 e. The Balaban J connectivity index is 1.45. The summed E-state index contributed by atoms with van der Waals surface area (Å²) in [4.78, 5) is 23.9. The third-order valence-corrected chi connectivity index (χ3v) is 9.36. The van der Waals surface area contributed by atoms with Crippen LogP contribution in [-0.4, -0.2) is 26.2 Å². The van der Waals surface area contributed by atoms with Crippen molar-refractivity contribution in [2.24, 2.45) is 11.3 Å². The minimum absolute atomic E-state index is 0.0111. The average Bonchev–Trinajstić information content (AvgIpc) is 3.21. The number of hydrogen-bond acceptors (Lipinski definition) is 6. The van der Waals surface area contributed by atoms with Crippen LogP contribution in [0.15, 0.2) is 34.8 Å². The molecule has 2 aliphatic rings. The number of Topliss-reactive ketones (excluding diaryl/α,β-unsaturated/α-hetero) is 1. The van der Waals surface area contributed by atoms with E-state index in [0.717, 1.165) is 41.3 Å². The van der Waals surface area contributed by atoms with E-state index in [2.05, 4.69) is 29.8 Å². The summed E-state index contributed by atoms with van der Waals surface area (Å²) in [5.41, 5.74) is 2.30. The van der Waals surface area contributed by atoms with Crippen molar-refractivity contribution in [2.45, 2.75) is 58.5 Å². The third-order valence-electron chi connectivity index (χ3n) is 7.18. The fraction of sp³-hybridized carbons (Fsp3) is 0.462. The predicted molar refractivity (Wildman–Crippen MR) is 138 cm³/mol. The van der Waals surface area contributed by atoms with E-state index in [4.69, 9.17) is 20.5 Å². The molecular weight excluding hydrogens is 556 g/mol. The molecule has 9 heteroatoms. The number of carbonyl (C=O) groups is 2. The minimum Gasteiger partial charge on any atom is -0.484 e. The van der Waals surface area contributed by atoms with Gasteiger partial charge in [-0.05, 0) is 60.3 Å². The Labute approximate surface area is 219 Å². The molecule has 0 heterocycles. The van der Waals surface area contributed by atoms with E-state index in [0.29, 0.717) is 12.7 Å². The van der Waals surface area contributed by atoms with Gasteiger partial charge in [0.15, 0.2) is 12.0 Å². The second kappa shape index (κ2) is 10.2. The summed E-state index contributed by atoms with van der Waals surface area (Å²) in [5, 5.41) is 0.179. The summed E-state index contributed by atoms with van der Waals surface area (Å²) < 4.78 is 37.7. The van der Waals surface area contributed by atoms with Gasteiger partial charge in [0.05, 0.1) is 16.3 Å². The highest BCUT2D eigenvalue weighted by atomic mass is 79.9. The van der Waals surface area contributed by atoms with Crippen LogP contribution < -0.4 is 8.92 Å². The summed E-state index contributed by atoms with van der Waals surface area (Å²) in [6.45, 7) is 4.25. The van der Waals surface area contributed by atoms with Crippen molar-refractivity contribution in [3.05, 3.63) is 56.5 Å². The first-order valence-electron chi connectivity index (χ1n) is 11.7. The lowest BCUT2D eigenvalue weighted by Crippen LogP contribution is -2.36. The van der Waals surface area contributed by atoms with Gasteiger partial charge >= 0.3 is 10.1 Å². The topological polar surface area (TPSA) is 86.7 Å². The second-order valence-corrected chi connectivity index (χ2v) is 12.9. The predicted octanol–water partition coefficient (Wildman–Crippen LogP) is 6.48. The van der Waals surface area contributed by atoms with Crippen LogP contribution in [0.5, 0.6) is 11.5 Å². The molecule has 0 radical (unpaired) electrons. The average molecular weight is 584 g/mol. The van der Waals surface area contributed by atoms with Crippen molar-refractivity contribution in [3.63, 3.8) is 0 Å². The summed E-state index contributed by atoms with van der Waals surface area (Å²) in [5.74, 6) is -0.211. The van der Waals surface area contributed by atoms with Gasteiger partial charge in [0.25, 0.3) is 0 Å². The van der Waals surface area contributed by atoms with E-state index < -0.39 is 15.9 Å². The zero-order valence-corrected chi connectivity index (χ0v) is 22.8. The van der Waals surface area contributed by atoms with E-state index in [9.17, 15) is 18.0 Å². The number of carbonyl (C=O) groups excluding carboxylic acids is 2. The SMILES string of the molecule is CC1(C)CC[C@@H]1CC(=O)CCS(=O)(=O)Oc1cc(O[C@H]2CCc3c(Br)cccc32)c(Cl)cc1C=O. The van der Waals surface area contributed by atoms with E-state index in [1.54, 1.807) is 0 Å². The molecule has 2 atom stereocenters. The Hall–Kier alpha value is -1.90. The highest BCUT2D eigenvalue weighted by Gasteiger charge is 2.39. The molecular formula is C26H28BrClO6S. The molecule has 4 rings (SSSR count). The molecule has 2 aliphatic carbocycles. The Morgan fingerprint density at radius 3 is 2.66 bits per heavy atom. The van der Waals surface area contributed by atoms with E-state index in [1.807, 2.05) is 18.2 Å². The van der Waals surface area contributed by atoms with Gasteiger partial charge in [0.2, 0.25) is 0 Å². The van der Waals surface area contributed by atoms with Crippen molar-refractivity contribution >= 4 is 49.7 Å². The van der Waals surface area contributed by atoms with Gasteiger partial charge in [-0.25, -0.2) is 0 Å². The summed E-state index contributed by atoms with van der Waals surface area (Å²) in [6, 6.07) is 8.54. The van der Waals surface area contributed by atoms with Gasteiger partial charge in [-0.2, -0.15) is 8.42 Å². The number of benzene rings is 2. The second-order valence-electron chi connectivity index (χ2n) is 9.95. The molecule has 0 amide bonds. The number of fused-ring (bicyclic) bond motifs is 1. The van der Waals surface area contributed by atoms with Gasteiger partial charge in [-0.1, -0.05) is 53.5 Å². The van der Waals surface area contributed by atoms with Crippen molar-refractivity contribution in [3.8, 4) is 11.5 Å². The van der Waals surface area contributed by atoms with Crippen molar-refractivity contribution in [1.82, 2.24) is 0 Å².